The number of nitrogens with zero attached hydrogens (tertiary/aromatic N) is 1. The van der Waals surface area contributed by atoms with Gasteiger partial charge in [0.25, 0.3) is 0 Å². The van der Waals surface area contributed by atoms with E-state index in [0.29, 0.717) is 0 Å². The van der Waals surface area contributed by atoms with Gasteiger partial charge >= 0.3 is 5.97 Å². The lowest BCUT2D eigenvalue weighted by atomic mass is 10.2. The van der Waals surface area contributed by atoms with Gasteiger partial charge in [-0.3, -0.25) is 4.99 Å². The average Bonchev–Trinajstić information content (AvgIpc) is 2.62. The number of allylic oxidation sites excluding steroid dienone is 9. The van der Waals surface area contributed by atoms with Crippen molar-refractivity contribution in [2.24, 2.45) is 4.99 Å². The first-order valence-corrected chi connectivity index (χ1v) is 7.55. The Morgan fingerprint density at radius 1 is 0.960 bits per heavy atom. The number of aliphatic imine (C=N–C) groups is 1. The van der Waals surface area contributed by atoms with Gasteiger partial charge in [-0.2, -0.15) is 0 Å². The Labute approximate surface area is 145 Å². The van der Waals surface area contributed by atoms with Crippen molar-refractivity contribution in [3.63, 3.8) is 0 Å². The highest BCUT2D eigenvalue weighted by atomic mass is 19.1. The molecule has 1 aromatic carbocycles. The third-order valence-corrected chi connectivity index (χ3v) is 2.84. The highest BCUT2D eigenvalue weighted by Crippen LogP contribution is 2.07. The van der Waals surface area contributed by atoms with E-state index in [4.69, 9.17) is 4.74 Å². The summed E-state index contributed by atoms with van der Waals surface area (Å²) in [5.41, 5.74) is 0.113. The summed E-state index contributed by atoms with van der Waals surface area (Å²) >= 11 is 0. The average molecular weight is 336 g/mol. The molecule has 0 aliphatic carbocycles. The van der Waals surface area contributed by atoms with Crippen LogP contribution in [0.3, 0.4) is 0 Å². The van der Waals surface area contributed by atoms with Crippen LogP contribution < -0.4 is 5.32 Å². The molecule has 1 aliphatic heterocycles. The summed E-state index contributed by atoms with van der Waals surface area (Å²) in [6, 6.07) is 5.28. The number of nitrogens with one attached hydrogen (secondary N) is 1. The van der Waals surface area contributed by atoms with Crippen molar-refractivity contribution in [2.75, 3.05) is 0 Å². The topological polar surface area (TPSA) is 50.7 Å². The van der Waals surface area contributed by atoms with Crippen LogP contribution in [-0.4, -0.2) is 12.2 Å². The number of benzene rings is 1. The highest BCUT2D eigenvalue weighted by molar-refractivity contribution is 5.90. The Hall–Kier alpha value is -3.47. The molecule has 0 atom stereocenters. The highest BCUT2D eigenvalue weighted by Gasteiger charge is 2.10. The largest absolute Gasteiger partial charge is 0.404 e. The Morgan fingerprint density at radius 3 is 2.36 bits per heavy atom. The van der Waals surface area contributed by atoms with Gasteiger partial charge in [-0.25, -0.2) is 9.18 Å². The molecule has 0 radical (unpaired) electrons. The summed E-state index contributed by atoms with van der Waals surface area (Å²) in [5.74, 6) is -1.08. The number of ether oxygens (including phenoxy) is 1. The molecule has 126 valence electrons. The molecule has 1 N–H and O–H groups in total. The van der Waals surface area contributed by atoms with E-state index in [-0.39, 0.29) is 11.4 Å². The van der Waals surface area contributed by atoms with Gasteiger partial charge in [-0.05, 0) is 30.4 Å². The summed E-state index contributed by atoms with van der Waals surface area (Å²) in [6.45, 7) is 0. The van der Waals surface area contributed by atoms with Crippen molar-refractivity contribution >= 4 is 12.2 Å². The summed E-state index contributed by atoms with van der Waals surface area (Å²) < 4.78 is 18.4. The molecule has 0 bridgehead atoms. The minimum absolute atomic E-state index is 0.113. The monoisotopic (exact) mass is 336 g/mol. The quantitative estimate of drug-likeness (QED) is 0.824. The van der Waals surface area contributed by atoms with Gasteiger partial charge in [0.05, 0.1) is 11.8 Å². The zero-order chi connectivity index (χ0) is 17.7. The molecule has 0 saturated carbocycles. The van der Waals surface area contributed by atoms with Crippen LogP contribution in [0.1, 0.15) is 10.4 Å². The maximum atomic E-state index is 13.2. The number of esters is 1. The van der Waals surface area contributed by atoms with E-state index in [2.05, 4.69) is 10.3 Å². The fourth-order valence-electron chi connectivity index (χ4n) is 1.71. The second-order valence-corrected chi connectivity index (χ2v) is 4.73. The lowest BCUT2D eigenvalue weighted by Crippen LogP contribution is -2.14. The summed E-state index contributed by atoms with van der Waals surface area (Å²) in [5, 5.41) is 2.82. The molecule has 25 heavy (non-hydrogen) atoms. The second-order valence-electron chi connectivity index (χ2n) is 4.73. The Balaban J connectivity index is 2.14. The predicted molar refractivity (Wildman–Crippen MR) is 97.2 cm³/mol. The van der Waals surface area contributed by atoms with Crippen LogP contribution in [0.5, 0.6) is 0 Å². The van der Waals surface area contributed by atoms with Gasteiger partial charge in [0.15, 0.2) is 0 Å². The van der Waals surface area contributed by atoms with Crippen molar-refractivity contribution in [1.82, 2.24) is 5.32 Å². The second kappa shape index (κ2) is 10.3. The Bertz CT molecular complexity index is 800. The van der Waals surface area contributed by atoms with Gasteiger partial charge in [0.2, 0.25) is 5.88 Å². The van der Waals surface area contributed by atoms with Crippen LogP contribution in [0.2, 0.25) is 0 Å². The van der Waals surface area contributed by atoms with E-state index < -0.39 is 11.8 Å². The lowest BCUT2D eigenvalue weighted by Gasteiger charge is -2.07. The van der Waals surface area contributed by atoms with E-state index in [9.17, 15) is 9.18 Å². The number of rotatable bonds is 2. The number of carbonyl (C=O) groups excluding carboxylic acids is 1. The zero-order valence-electron chi connectivity index (χ0n) is 13.4. The molecule has 0 aromatic heterocycles. The summed E-state index contributed by atoms with van der Waals surface area (Å²) in [7, 11) is 0. The molecule has 5 heteroatoms. The molecule has 4 nitrogen and oxygen atoms in total. The van der Waals surface area contributed by atoms with E-state index in [1.807, 2.05) is 42.5 Å². The number of hydrogen-bond acceptors (Lipinski definition) is 4. The predicted octanol–water partition coefficient (Wildman–Crippen LogP) is 4.19. The Morgan fingerprint density at radius 2 is 1.64 bits per heavy atom. The molecule has 1 aromatic rings. The molecule has 0 fully saturated rings. The van der Waals surface area contributed by atoms with Gasteiger partial charge in [0, 0.05) is 12.4 Å². The van der Waals surface area contributed by atoms with Crippen molar-refractivity contribution in [2.45, 2.75) is 0 Å². The smallest absolute Gasteiger partial charge is 0.344 e. The lowest BCUT2D eigenvalue weighted by molar-refractivity contribution is 0.0607. The van der Waals surface area contributed by atoms with Crippen LogP contribution in [0.15, 0.2) is 102 Å². The van der Waals surface area contributed by atoms with Gasteiger partial charge < -0.3 is 10.1 Å². The van der Waals surface area contributed by atoms with Crippen molar-refractivity contribution in [3.05, 3.63) is 109 Å². The Kier molecular flexibility index (Phi) is 7.39. The van der Waals surface area contributed by atoms with Crippen LogP contribution in [-0.2, 0) is 4.74 Å². The molecule has 0 amide bonds. The minimum atomic E-state index is -0.684. The first-order chi connectivity index (χ1) is 12.3. The SMILES string of the molecule is O=C(OC1=CN=CC=CC=CC=CC=CC=CN1)c1cccc(F)c1. The minimum Gasteiger partial charge on any atom is -0.404 e. The fourth-order valence-corrected chi connectivity index (χ4v) is 1.71. The third kappa shape index (κ3) is 7.09. The molecule has 1 heterocycles. The zero-order valence-corrected chi connectivity index (χ0v) is 13.4. The van der Waals surface area contributed by atoms with Crippen molar-refractivity contribution < 1.29 is 13.9 Å². The van der Waals surface area contributed by atoms with Crippen LogP contribution >= 0.6 is 0 Å². The maximum Gasteiger partial charge on any atom is 0.344 e. The molecule has 1 aliphatic rings. The van der Waals surface area contributed by atoms with E-state index >= 15 is 0 Å². The third-order valence-electron chi connectivity index (χ3n) is 2.84. The maximum absolute atomic E-state index is 13.2. The van der Waals surface area contributed by atoms with Crippen LogP contribution in [0.25, 0.3) is 0 Å². The van der Waals surface area contributed by atoms with Gasteiger partial charge in [-0.1, -0.05) is 48.6 Å². The molecule has 0 spiro atoms. The number of halogens is 1. The molecule has 2 rings (SSSR count). The van der Waals surface area contributed by atoms with E-state index in [1.54, 1.807) is 24.6 Å². The number of hydrogen-bond donors (Lipinski definition) is 1. The van der Waals surface area contributed by atoms with Crippen LogP contribution in [0.4, 0.5) is 4.39 Å². The number of carbonyl (C=O) groups is 1. The van der Waals surface area contributed by atoms with E-state index in [0.717, 1.165) is 6.07 Å². The summed E-state index contributed by atoms with van der Waals surface area (Å²) in [4.78, 5) is 16.1. The van der Waals surface area contributed by atoms with Crippen molar-refractivity contribution in [1.29, 1.82) is 0 Å². The standard InChI is InChI=1S/C20H17FN2O2/c21-18-12-10-11-17(15-18)20(24)25-19-16-22-13-8-6-4-2-1-3-5-7-9-14-23-19/h1-16,23H. The summed E-state index contributed by atoms with van der Waals surface area (Å²) in [6.07, 6.45) is 21.0. The van der Waals surface area contributed by atoms with Gasteiger partial charge in [-0.15, -0.1) is 0 Å². The molecule has 0 unspecified atom stereocenters. The normalized spacial score (nSPS) is 14.4. The first kappa shape index (κ1) is 17.9. The van der Waals surface area contributed by atoms with Crippen LogP contribution in [0, 0.1) is 5.82 Å². The molecular formula is C20H17FN2O2. The fraction of sp³-hybridized carbons (Fsp3) is 0. The van der Waals surface area contributed by atoms with E-state index in [1.165, 1.54) is 24.4 Å². The van der Waals surface area contributed by atoms with Crippen molar-refractivity contribution in [3.8, 4) is 0 Å². The molecule has 0 saturated heterocycles. The molecular weight excluding hydrogens is 319 g/mol. The van der Waals surface area contributed by atoms with Gasteiger partial charge in [0.1, 0.15) is 5.82 Å². The first-order valence-electron chi connectivity index (χ1n) is 7.55.